The van der Waals surface area contributed by atoms with Crippen LogP contribution in [0.25, 0.3) is 10.8 Å². The summed E-state index contributed by atoms with van der Waals surface area (Å²) < 4.78 is 16.2. The second-order valence-electron chi connectivity index (χ2n) is 12.2. The van der Waals surface area contributed by atoms with Gasteiger partial charge in [0.25, 0.3) is 0 Å². The topological polar surface area (TPSA) is 212 Å². The van der Waals surface area contributed by atoms with Gasteiger partial charge in [0.1, 0.15) is 24.2 Å². The summed E-state index contributed by atoms with van der Waals surface area (Å²) in [5.41, 5.74) is 1.37. The molecule has 49 heavy (non-hydrogen) atoms. The predicted molar refractivity (Wildman–Crippen MR) is 179 cm³/mol. The number of rotatable bonds is 15. The Kier molecular flexibility index (Phi) is 12.7. The summed E-state index contributed by atoms with van der Waals surface area (Å²) >= 11 is 0. The molecule has 0 aromatic heterocycles. The minimum Gasteiger partial charge on any atom is -0.480 e. The van der Waals surface area contributed by atoms with Gasteiger partial charge in [-0.25, -0.2) is 9.36 Å². The normalized spacial score (nSPS) is 16.5. The number of aliphatic carboxylic acids is 1. The summed E-state index contributed by atoms with van der Waals surface area (Å²) in [7, 11) is -5.04. The van der Waals surface area contributed by atoms with Gasteiger partial charge in [-0.3, -0.25) is 23.7 Å². The number of nitrogens with zero attached hydrogens (tertiary/aromatic N) is 1. The second kappa shape index (κ2) is 16.7. The van der Waals surface area contributed by atoms with Crippen molar-refractivity contribution in [1.82, 2.24) is 20.9 Å². The van der Waals surface area contributed by atoms with Gasteiger partial charge in [0.2, 0.25) is 23.6 Å². The van der Waals surface area contributed by atoms with E-state index >= 15 is 0 Å². The maximum atomic E-state index is 13.8. The van der Waals surface area contributed by atoms with E-state index in [1.165, 1.54) is 4.90 Å². The summed E-state index contributed by atoms with van der Waals surface area (Å²) in [5, 5.41) is 19.2. The number of benzene rings is 3. The molecular weight excluding hydrogens is 655 g/mol. The van der Waals surface area contributed by atoms with Crippen molar-refractivity contribution in [3.8, 4) is 0 Å². The van der Waals surface area contributed by atoms with E-state index < -0.39 is 74.1 Å². The van der Waals surface area contributed by atoms with E-state index in [1.807, 2.05) is 30.3 Å². The SMILES string of the molecule is CC(C)[C@H](NC(=O)[C@@H]1CCCN1C(=O)[C@H](COP(=O)(O)O)NC(=O)Cc1cccc2ccccc12)C(=O)N[C@@H](Cc1ccccc1)C(=O)O. The first kappa shape index (κ1) is 37.2. The van der Waals surface area contributed by atoms with Gasteiger partial charge >= 0.3 is 13.8 Å². The Balaban J connectivity index is 1.46. The van der Waals surface area contributed by atoms with Gasteiger partial charge in [0, 0.05) is 13.0 Å². The third kappa shape index (κ3) is 10.4. The smallest absolute Gasteiger partial charge is 0.469 e. The van der Waals surface area contributed by atoms with Gasteiger partial charge in [0.15, 0.2) is 0 Å². The van der Waals surface area contributed by atoms with Crippen molar-refractivity contribution in [2.75, 3.05) is 13.2 Å². The van der Waals surface area contributed by atoms with Gasteiger partial charge < -0.3 is 35.7 Å². The summed E-state index contributed by atoms with van der Waals surface area (Å²) in [4.78, 5) is 85.6. The lowest BCUT2D eigenvalue weighted by Gasteiger charge is -2.30. The first-order valence-electron chi connectivity index (χ1n) is 15.9. The first-order chi connectivity index (χ1) is 23.2. The highest BCUT2D eigenvalue weighted by Crippen LogP contribution is 2.36. The van der Waals surface area contributed by atoms with E-state index in [1.54, 1.807) is 56.3 Å². The lowest BCUT2D eigenvalue weighted by atomic mass is 10.0. The number of fused-ring (bicyclic) bond motifs is 1. The molecule has 3 aromatic rings. The number of carboxylic acid groups (broad SMARTS) is 1. The van der Waals surface area contributed by atoms with Crippen LogP contribution in [0.2, 0.25) is 0 Å². The molecule has 262 valence electrons. The second-order valence-corrected chi connectivity index (χ2v) is 13.5. The number of carbonyl (C=O) groups excluding carboxylic acids is 4. The third-order valence-corrected chi connectivity index (χ3v) is 8.74. The molecule has 4 atom stereocenters. The molecule has 1 fully saturated rings. The zero-order valence-electron chi connectivity index (χ0n) is 27.2. The van der Waals surface area contributed by atoms with Crippen LogP contribution in [0, 0.1) is 5.92 Å². The number of amides is 4. The Labute approximate surface area is 283 Å². The number of hydrogen-bond acceptors (Lipinski definition) is 7. The van der Waals surface area contributed by atoms with E-state index in [9.17, 15) is 43.4 Å². The fraction of sp³-hybridized carbons (Fsp3) is 0.382. The molecule has 14 nitrogen and oxygen atoms in total. The van der Waals surface area contributed by atoms with Crippen LogP contribution >= 0.6 is 7.82 Å². The Bertz CT molecular complexity index is 1710. The molecule has 0 unspecified atom stereocenters. The summed E-state index contributed by atoms with van der Waals surface area (Å²) in [6, 6.07) is 16.6. The van der Waals surface area contributed by atoms with Gasteiger partial charge in [-0.15, -0.1) is 0 Å². The Hall–Kier alpha value is -4.62. The molecule has 0 saturated carbocycles. The molecule has 1 aliphatic rings. The van der Waals surface area contributed by atoms with Crippen LogP contribution in [0.3, 0.4) is 0 Å². The molecule has 1 aliphatic heterocycles. The summed E-state index contributed by atoms with van der Waals surface area (Å²) in [6.07, 6.45) is 0.496. The average Bonchev–Trinajstić information content (AvgIpc) is 3.55. The highest BCUT2D eigenvalue weighted by Gasteiger charge is 2.40. The zero-order valence-corrected chi connectivity index (χ0v) is 28.0. The molecule has 3 aromatic carbocycles. The van der Waals surface area contributed by atoms with Gasteiger partial charge in [-0.2, -0.15) is 0 Å². The van der Waals surface area contributed by atoms with Crippen LogP contribution in [-0.4, -0.2) is 86.7 Å². The molecular formula is C34H41N4O10P. The van der Waals surface area contributed by atoms with E-state index in [-0.39, 0.29) is 25.8 Å². The van der Waals surface area contributed by atoms with Crippen molar-refractivity contribution >= 4 is 48.2 Å². The number of nitrogens with one attached hydrogen (secondary N) is 3. The fourth-order valence-corrected chi connectivity index (χ4v) is 6.15. The summed E-state index contributed by atoms with van der Waals surface area (Å²) in [6.45, 7) is 2.59. The average molecular weight is 697 g/mol. The standard InChI is InChI=1S/C34H41N4O10P/c1-21(2)30(32(41)36-26(34(43)44)18-22-10-4-3-5-11-22)37-31(40)28-16-9-17-38(28)33(42)27(20-48-49(45,46)47)35-29(39)19-24-14-8-13-23-12-6-7-15-25(23)24/h3-8,10-15,21,26-28,30H,9,16-20H2,1-2H3,(H,35,39)(H,36,41)(H,37,40)(H,43,44)(H2,45,46,47)/t26-,27-,28-,30-/m0/s1. The molecule has 1 saturated heterocycles. The van der Waals surface area contributed by atoms with Gasteiger partial charge in [-0.05, 0) is 40.7 Å². The molecule has 0 bridgehead atoms. The molecule has 0 spiro atoms. The fourth-order valence-electron chi connectivity index (χ4n) is 5.81. The minimum absolute atomic E-state index is 0.0237. The lowest BCUT2D eigenvalue weighted by molar-refractivity contribution is -0.144. The number of hydrogen-bond donors (Lipinski definition) is 6. The Morgan fingerprint density at radius 1 is 0.898 bits per heavy atom. The molecule has 0 radical (unpaired) electrons. The van der Waals surface area contributed by atoms with Crippen molar-refractivity contribution in [3.05, 3.63) is 83.9 Å². The molecule has 4 rings (SSSR count). The van der Waals surface area contributed by atoms with E-state index in [0.29, 0.717) is 17.5 Å². The number of phosphoric ester groups is 1. The monoisotopic (exact) mass is 696 g/mol. The number of phosphoric acid groups is 1. The van der Waals surface area contributed by atoms with Crippen LogP contribution in [0.4, 0.5) is 0 Å². The molecule has 0 aliphatic carbocycles. The quantitative estimate of drug-likeness (QED) is 0.127. The third-order valence-electron chi connectivity index (χ3n) is 8.26. The minimum atomic E-state index is -5.04. The maximum Gasteiger partial charge on any atom is 0.469 e. The molecule has 4 amide bonds. The van der Waals surface area contributed by atoms with Crippen molar-refractivity contribution in [2.24, 2.45) is 5.92 Å². The zero-order chi connectivity index (χ0) is 35.7. The van der Waals surface area contributed by atoms with Gasteiger partial charge in [0.05, 0.1) is 13.0 Å². The van der Waals surface area contributed by atoms with Crippen LogP contribution < -0.4 is 16.0 Å². The van der Waals surface area contributed by atoms with Crippen molar-refractivity contribution in [3.63, 3.8) is 0 Å². The van der Waals surface area contributed by atoms with Crippen LogP contribution in [0.5, 0.6) is 0 Å². The first-order valence-corrected chi connectivity index (χ1v) is 17.4. The van der Waals surface area contributed by atoms with Crippen molar-refractivity contribution < 1.29 is 48.0 Å². The van der Waals surface area contributed by atoms with Crippen molar-refractivity contribution in [1.29, 1.82) is 0 Å². The predicted octanol–water partition coefficient (Wildman–Crippen LogP) is 1.92. The van der Waals surface area contributed by atoms with Crippen LogP contribution in [0.1, 0.15) is 37.8 Å². The molecule has 6 N–H and O–H groups in total. The number of carbonyl (C=O) groups is 5. The van der Waals surface area contributed by atoms with E-state index in [2.05, 4.69) is 20.5 Å². The lowest BCUT2D eigenvalue weighted by Crippen LogP contribution is -2.59. The number of carboxylic acids is 1. The Morgan fingerprint density at radius 2 is 1.57 bits per heavy atom. The van der Waals surface area contributed by atoms with Crippen molar-refractivity contribution in [2.45, 2.75) is 63.7 Å². The summed E-state index contributed by atoms with van der Waals surface area (Å²) in [5.74, 6) is -4.49. The molecule has 1 heterocycles. The molecule has 15 heteroatoms. The number of likely N-dealkylation sites (tertiary alicyclic amines) is 1. The van der Waals surface area contributed by atoms with E-state index in [4.69, 9.17) is 0 Å². The van der Waals surface area contributed by atoms with Crippen LogP contribution in [0.15, 0.2) is 72.8 Å². The van der Waals surface area contributed by atoms with E-state index in [0.717, 1.165) is 10.8 Å². The van der Waals surface area contributed by atoms with Gasteiger partial charge in [-0.1, -0.05) is 86.6 Å². The largest absolute Gasteiger partial charge is 0.480 e. The van der Waals surface area contributed by atoms with Crippen LogP contribution in [-0.2, 0) is 45.9 Å². The highest BCUT2D eigenvalue weighted by atomic mass is 31.2. The maximum absolute atomic E-state index is 13.8. The highest BCUT2D eigenvalue weighted by molar-refractivity contribution is 7.46. The Morgan fingerprint density at radius 3 is 2.24 bits per heavy atom.